The van der Waals surface area contributed by atoms with Gasteiger partial charge in [0.25, 0.3) is 5.78 Å². The minimum atomic E-state index is 0.182. The van der Waals surface area contributed by atoms with Crippen LogP contribution >= 0.6 is 22.6 Å². The maximum Gasteiger partial charge on any atom is 0.259 e. The molecule has 0 saturated carbocycles. The predicted molar refractivity (Wildman–Crippen MR) is 104 cm³/mol. The van der Waals surface area contributed by atoms with Crippen LogP contribution < -0.4 is 11.1 Å². The maximum atomic E-state index is 9.57. The van der Waals surface area contributed by atoms with Gasteiger partial charge in [0.2, 0.25) is 17.7 Å². The highest BCUT2D eigenvalue weighted by Gasteiger charge is 2.13. The first kappa shape index (κ1) is 16.6. The molecule has 0 unspecified atom stereocenters. The van der Waals surface area contributed by atoms with E-state index in [1.165, 1.54) is 4.52 Å². The first-order valence-corrected chi connectivity index (χ1v) is 8.83. The smallest absolute Gasteiger partial charge is 0.259 e. The number of fused-ring (bicyclic) bond motifs is 1. The SMILES string of the molecule is Nc1nc(NCCc2ccc(O)c([125I])c2)nc2nc(-c3ccco3)nn12. The lowest BCUT2D eigenvalue weighted by Crippen LogP contribution is -2.12. The van der Waals surface area contributed by atoms with Crippen LogP contribution in [-0.4, -0.2) is 36.2 Å². The van der Waals surface area contributed by atoms with E-state index in [0.717, 1.165) is 15.6 Å². The number of anilines is 2. The number of phenolic OH excluding ortho intramolecular Hbond substituents is 1. The van der Waals surface area contributed by atoms with E-state index >= 15 is 0 Å². The fourth-order valence-electron chi connectivity index (χ4n) is 2.42. The van der Waals surface area contributed by atoms with Crippen molar-refractivity contribution in [2.24, 2.45) is 0 Å². The monoisotopic (exact) mass is 461 g/mol. The lowest BCUT2D eigenvalue weighted by molar-refractivity contribution is 0.471. The highest BCUT2D eigenvalue weighted by molar-refractivity contribution is 14.1. The number of benzene rings is 1. The summed E-state index contributed by atoms with van der Waals surface area (Å²) in [6.45, 7) is 0.607. The zero-order valence-electron chi connectivity index (χ0n) is 13.4. The topological polar surface area (TPSA) is 127 Å². The second-order valence-electron chi connectivity index (χ2n) is 5.49. The summed E-state index contributed by atoms with van der Waals surface area (Å²) in [5.74, 6) is 2.11. The van der Waals surface area contributed by atoms with Crippen molar-refractivity contribution in [1.82, 2.24) is 24.6 Å². The van der Waals surface area contributed by atoms with Crippen molar-refractivity contribution >= 4 is 40.3 Å². The molecule has 1 aromatic carbocycles. The number of nitrogen functional groups attached to an aromatic ring is 1. The van der Waals surface area contributed by atoms with Crippen molar-refractivity contribution in [2.75, 3.05) is 17.6 Å². The Bertz CT molecular complexity index is 1060. The summed E-state index contributed by atoms with van der Waals surface area (Å²) in [5, 5.41) is 17.0. The van der Waals surface area contributed by atoms with Gasteiger partial charge in [-0.25, -0.2) is 0 Å². The Balaban J connectivity index is 1.50. The number of nitrogens with zero attached hydrogens (tertiary/aromatic N) is 5. The molecular weight excluding hydrogens is 447 g/mol. The van der Waals surface area contributed by atoms with Gasteiger partial charge in [0.1, 0.15) is 5.75 Å². The normalized spacial score (nSPS) is 11.1. The van der Waals surface area contributed by atoms with Crippen molar-refractivity contribution in [3.05, 3.63) is 45.7 Å². The highest BCUT2D eigenvalue weighted by Crippen LogP contribution is 2.21. The van der Waals surface area contributed by atoms with Crippen LogP contribution in [0.1, 0.15) is 5.56 Å². The van der Waals surface area contributed by atoms with Crippen LogP contribution in [-0.2, 0) is 6.42 Å². The fraction of sp³-hybridized carbons (Fsp3) is 0.125. The summed E-state index contributed by atoms with van der Waals surface area (Å²) in [6, 6.07) is 9.02. The molecule has 0 aliphatic carbocycles. The standard InChI is InChI=1S/C16H14IN7O2/c17-10-8-9(3-4-11(10)25)5-6-19-15-21-14(18)24-16(22-15)20-13(23-24)12-2-1-7-26-12/h1-4,7-8,25H,5-6H2,(H3,18,19,20,21,22,23)/i17-2. The number of aromatic hydroxyl groups is 1. The Morgan fingerprint density at radius 1 is 1.23 bits per heavy atom. The molecule has 0 atom stereocenters. The number of hydrogen-bond acceptors (Lipinski definition) is 8. The Labute approximate surface area is 161 Å². The predicted octanol–water partition coefficient (Wildman–Crippen LogP) is 2.33. The van der Waals surface area contributed by atoms with E-state index < -0.39 is 0 Å². The molecule has 0 radical (unpaired) electrons. The molecule has 0 aliphatic heterocycles. The molecule has 0 aliphatic rings. The Hall–Kier alpha value is -2.89. The molecule has 0 amide bonds. The summed E-state index contributed by atoms with van der Waals surface area (Å²) in [5.41, 5.74) is 7.05. The van der Waals surface area contributed by atoms with Crippen molar-refractivity contribution < 1.29 is 9.52 Å². The van der Waals surface area contributed by atoms with Crippen LogP contribution in [0, 0.1) is 3.57 Å². The fourth-order valence-corrected chi connectivity index (χ4v) is 3.00. The Morgan fingerprint density at radius 3 is 2.88 bits per heavy atom. The number of nitrogens with two attached hydrogens (primary N) is 1. The van der Waals surface area contributed by atoms with Gasteiger partial charge in [-0.05, 0) is 58.8 Å². The summed E-state index contributed by atoms with van der Waals surface area (Å²) in [6.07, 6.45) is 2.29. The van der Waals surface area contributed by atoms with Gasteiger partial charge in [0.05, 0.1) is 9.83 Å². The van der Waals surface area contributed by atoms with Gasteiger partial charge in [0, 0.05) is 6.54 Å². The summed E-state index contributed by atoms with van der Waals surface area (Å²) in [4.78, 5) is 12.9. The second kappa shape index (κ2) is 6.78. The van der Waals surface area contributed by atoms with Gasteiger partial charge >= 0.3 is 0 Å². The molecule has 4 aromatic rings. The Morgan fingerprint density at radius 2 is 2.12 bits per heavy atom. The lowest BCUT2D eigenvalue weighted by atomic mass is 10.1. The summed E-state index contributed by atoms with van der Waals surface area (Å²) >= 11 is 2.10. The minimum Gasteiger partial charge on any atom is -0.507 e. The van der Waals surface area contributed by atoms with Crippen molar-refractivity contribution in [2.45, 2.75) is 6.42 Å². The van der Waals surface area contributed by atoms with E-state index in [1.54, 1.807) is 24.5 Å². The third kappa shape index (κ3) is 3.27. The van der Waals surface area contributed by atoms with E-state index in [1.807, 2.05) is 12.1 Å². The first-order chi connectivity index (χ1) is 12.6. The average Bonchev–Trinajstić information content (AvgIpc) is 3.27. The second-order valence-corrected chi connectivity index (χ2v) is 6.65. The van der Waals surface area contributed by atoms with E-state index in [2.05, 4.69) is 48.0 Å². The van der Waals surface area contributed by atoms with Crippen LogP contribution in [0.5, 0.6) is 5.75 Å². The van der Waals surface area contributed by atoms with Gasteiger partial charge in [0.15, 0.2) is 5.76 Å². The average molecular weight is 461 g/mol. The molecule has 0 fully saturated rings. The van der Waals surface area contributed by atoms with Gasteiger partial charge < -0.3 is 20.6 Å². The number of phenols is 1. The van der Waals surface area contributed by atoms with Gasteiger partial charge in [-0.1, -0.05) is 6.07 Å². The number of hydrogen-bond donors (Lipinski definition) is 3. The minimum absolute atomic E-state index is 0.182. The molecule has 4 N–H and O–H groups in total. The number of furan rings is 1. The van der Waals surface area contributed by atoms with E-state index in [9.17, 15) is 5.11 Å². The quantitative estimate of drug-likeness (QED) is 0.387. The zero-order chi connectivity index (χ0) is 18.1. The number of rotatable bonds is 5. The third-order valence-electron chi connectivity index (χ3n) is 3.68. The number of halogens is 1. The van der Waals surface area contributed by atoms with Gasteiger partial charge in [-0.2, -0.15) is 19.5 Å². The van der Waals surface area contributed by atoms with Crippen LogP contribution in [0.4, 0.5) is 11.9 Å². The maximum absolute atomic E-state index is 9.57. The largest absolute Gasteiger partial charge is 0.507 e. The van der Waals surface area contributed by atoms with Gasteiger partial charge in [-0.15, -0.1) is 5.10 Å². The molecule has 3 heterocycles. The van der Waals surface area contributed by atoms with Crippen molar-refractivity contribution in [3.8, 4) is 17.3 Å². The number of nitrogens with one attached hydrogen (secondary N) is 1. The lowest BCUT2D eigenvalue weighted by Gasteiger charge is -2.07. The molecule has 0 saturated heterocycles. The van der Waals surface area contributed by atoms with Crippen LogP contribution in [0.25, 0.3) is 17.4 Å². The molecule has 3 aromatic heterocycles. The van der Waals surface area contributed by atoms with Crippen LogP contribution in [0.2, 0.25) is 0 Å². The van der Waals surface area contributed by atoms with E-state index in [-0.39, 0.29) is 11.7 Å². The zero-order valence-corrected chi connectivity index (χ0v) is 15.6. The van der Waals surface area contributed by atoms with Gasteiger partial charge in [-0.3, -0.25) is 0 Å². The molecule has 0 bridgehead atoms. The van der Waals surface area contributed by atoms with Crippen LogP contribution in [0.15, 0.2) is 41.0 Å². The number of aromatic nitrogens is 5. The molecular formula is C16H14IN7O2. The molecule has 132 valence electrons. The van der Waals surface area contributed by atoms with E-state index in [4.69, 9.17) is 10.2 Å². The molecule has 0 spiro atoms. The van der Waals surface area contributed by atoms with E-state index in [0.29, 0.717) is 29.9 Å². The van der Waals surface area contributed by atoms with Crippen molar-refractivity contribution in [3.63, 3.8) is 0 Å². The molecule has 26 heavy (non-hydrogen) atoms. The highest BCUT2D eigenvalue weighted by atomic mass is 125. The summed E-state index contributed by atoms with van der Waals surface area (Å²) < 4.78 is 7.47. The third-order valence-corrected chi connectivity index (χ3v) is 4.55. The van der Waals surface area contributed by atoms with Crippen molar-refractivity contribution in [1.29, 1.82) is 0 Å². The first-order valence-electron chi connectivity index (χ1n) is 7.75. The molecule has 10 heteroatoms. The molecule has 4 rings (SSSR count). The molecule has 9 nitrogen and oxygen atoms in total. The Kier molecular flexibility index (Phi) is 4.32. The summed E-state index contributed by atoms with van der Waals surface area (Å²) in [7, 11) is 0. The van der Waals surface area contributed by atoms with Crippen LogP contribution in [0.3, 0.4) is 0 Å².